The van der Waals surface area contributed by atoms with Gasteiger partial charge < -0.3 is 15.4 Å². The fourth-order valence-electron chi connectivity index (χ4n) is 4.61. The van der Waals surface area contributed by atoms with Crippen LogP contribution in [-0.4, -0.2) is 58.6 Å². The normalized spacial score (nSPS) is 20.5. The summed E-state index contributed by atoms with van der Waals surface area (Å²) in [5, 5.41) is 6.36. The van der Waals surface area contributed by atoms with Crippen molar-refractivity contribution in [2.45, 2.75) is 49.0 Å². The molecule has 3 rings (SSSR count). The number of benzene rings is 1. The Balaban J connectivity index is 1.70. The van der Waals surface area contributed by atoms with E-state index in [1.54, 1.807) is 12.1 Å². The van der Waals surface area contributed by atoms with Crippen LogP contribution in [0, 0.1) is 5.92 Å². The third-order valence-electron chi connectivity index (χ3n) is 6.58. The summed E-state index contributed by atoms with van der Waals surface area (Å²) in [4.78, 5) is 13.2. The lowest BCUT2D eigenvalue weighted by atomic mass is 9.81. The van der Waals surface area contributed by atoms with E-state index in [1.807, 2.05) is 25.3 Å². The quantitative estimate of drug-likeness (QED) is 0.445. The van der Waals surface area contributed by atoms with Crippen LogP contribution in [0.25, 0.3) is 0 Å². The van der Waals surface area contributed by atoms with Gasteiger partial charge in [0.25, 0.3) is 0 Å². The van der Waals surface area contributed by atoms with Gasteiger partial charge in [0.2, 0.25) is 15.9 Å². The van der Waals surface area contributed by atoms with Gasteiger partial charge in [-0.2, -0.15) is 4.31 Å². The molecule has 0 unspecified atom stereocenters. The van der Waals surface area contributed by atoms with Crippen molar-refractivity contribution in [3.8, 4) is 0 Å². The van der Waals surface area contributed by atoms with Crippen LogP contribution in [0.1, 0.15) is 37.7 Å². The van der Waals surface area contributed by atoms with Crippen LogP contribution in [0.3, 0.4) is 0 Å². The van der Waals surface area contributed by atoms with Crippen LogP contribution in [-0.2, 0) is 26.0 Å². The van der Waals surface area contributed by atoms with Gasteiger partial charge in [0.1, 0.15) is 6.73 Å². The fourth-order valence-corrected chi connectivity index (χ4v) is 6.52. The average Bonchev–Trinajstić information content (AvgIpc) is 3.17. The smallest absolute Gasteiger partial charge is 0.245 e. The van der Waals surface area contributed by atoms with Gasteiger partial charge in [-0.3, -0.25) is 4.79 Å². The number of likely N-dealkylation sites (N-methyl/N-ethyl adjacent to an activating group) is 1. The van der Waals surface area contributed by atoms with E-state index in [0.29, 0.717) is 13.0 Å². The van der Waals surface area contributed by atoms with Crippen molar-refractivity contribution in [1.82, 2.24) is 14.9 Å². The minimum atomic E-state index is -3.66. The van der Waals surface area contributed by atoms with Crippen molar-refractivity contribution in [1.29, 1.82) is 0 Å². The number of methoxy groups -OCH3 is 1. The van der Waals surface area contributed by atoms with Crippen LogP contribution < -0.4 is 10.6 Å². The van der Waals surface area contributed by atoms with Gasteiger partial charge in [0.05, 0.1) is 10.4 Å². The summed E-state index contributed by atoms with van der Waals surface area (Å²) in [6.07, 6.45) is 9.67. The first-order valence-corrected chi connectivity index (χ1v) is 13.5. The number of sulfonamides is 1. The van der Waals surface area contributed by atoms with E-state index in [2.05, 4.69) is 32.6 Å². The molecule has 1 aromatic carbocycles. The maximum Gasteiger partial charge on any atom is 0.245 e. The first kappa shape index (κ1) is 26.1. The molecule has 0 aliphatic heterocycles. The molecule has 1 amide bonds. The molecule has 1 saturated carbocycles. The van der Waals surface area contributed by atoms with Crippen LogP contribution in [0.2, 0.25) is 0 Å². The van der Waals surface area contributed by atoms with Crippen molar-refractivity contribution in [2.24, 2.45) is 5.92 Å². The number of rotatable bonds is 10. The Hall–Kier alpha value is -1.52. The molecule has 0 bridgehead atoms. The Bertz CT molecular complexity index is 1020. The monoisotopic (exact) mass is 539 g/mol. The van der Waals surface area contributed by atoms with Crippen LogP contribution >= 0.6 is 15.9 Å². The first-order chi connectivity index (χ1) is 15.7. The number of allylic oxidation sites excluding steroid dienone is 2. The number of carbonyl (C=O) groups is 1. The number of amides is 1. The topological polar surface area (TPSA) is 87.7 Å². The van der Waals surface area contributed by atoms with Gasteiger partial charge in [0, 0.05) is 31.1 Å². The predicted octanol–water partition coefficient (Wildman–Crippen LogP) is 3.33. The van der Waals surface area contributed by atoms with Gasteiger partial charge in [-0.25, -0.2) is 8.42 Å². The van der Waals surface area contributed by atoms with Gasteiger partial charge in [-0.15, -0.1) is 0 Å². The minimum absolute atomic E-state index is 0.00826. The number of hydrogen-bond donors (Lipinski definition) is 2. The molecule has 0 heterocycles. The number of nitrogens with zero attached hydrogens (tertiary/aromatic N) is 1. The summed E-state index contributed by atoms with van der Waals surface area (Å²) < 4.78 is 33.2. The van der Waals surface area contributed by atoms with Crippen molar-refractivity contribution < 1.29 is 17.9 Å². The van der Waals surface area contributed by atoms with Crippen molar-refractivity contribution in [3.05, 3.63) is 52.0 Å². The second-order valence-electron chi connectivity index (χ2n) is 8.79. The maximum atomic E-state index is 13.0. The van der Waals surface area contributed by atoms with E-state index in [1.165, 1.54) is 24.9 Å². The number of carbonyl (C=O) groups excluding carboxylic acids is 1. The molecule has 0 spiro atoms. The molecule has 33 heavy (non-hydrogen) atoms. The van der Waals surface area contributed by atoms with E-state index in [9.17, 15) is 13.2 Å². The zero-order chi connectivity index (χ0) is 24.1. The van der Waals surface area contributed by atoms with Gasteiger partial charge >= 0.3 is 0 Å². The lowest BCUT2D eigenvalue weighted by molar-refractivity contribution is -0.128. The Morgan fingerprint density at radius 3 is 2.61 bits per heavy atom. The highest BCUT2D eigenvalue weighted by molar-refractivity contribution is 9.11. The predicted molar refractivity (Wildman–Crippen MR) is 133 cm³/mol. The first-order valence-electron chi connectivity index (χ1n) is 11.3. The molecule has 0 aromatic heterocycles. The second kappa shape index (κ2) is 11.3. The van der Waals surface area contributed by atoms with E-state index >= 15 is 0 Å². The molecule has 182 valence electrons. The highest BCUT2D eigenvalue weighted by atomic mass is 79.9. The summed E-state index contributed by atoms with van der Waals surface area (Å²) >= 11 is 3.64. The molecule has 0 saturated heterocycles. The standard InChI is InChI=1S/C24H34BrN3O4S/c1-26-24(11-7-4-8-12-24)23(29)27-16-18-13-20(21(25)14-18)15-19-9-5-6-10-22(19)33(30,31)28(2)17-32-3/h5-6,9-10,13-14,20,26H,4,7-8,11-12,15-17H2,1-3H3,(H,27,29)/t20-/m0/s1. The molecule has 0 radical (unpaired) electrons. The highest BCUT2D eigenvalue weighted by Gasteiger charge is 2.37. The summed E-state index contributed by atoms with van der Waals surface area (Å²) in [5.74, 6) is 0.0603. The summed E-state index contributed by atoms with van der Waals surface area (Å²) in [6, 6.07) is 7.07. The Morgan fingerprint density at radius 2 is 1.94 bits per heavy atom. The second-order valence-corrected chi connectivity index (χ2v) is 11.7. The number of halogens is 1. The summed E-state index contributed by atoms with van der Waals surface area (Å²) in [5.41, 5.74) is 1.28. The SMILES string of the molecule is CNC1(C(=O)NCC2=C[C@@H](Cc3ccccc3S(=O)(=O)N(C)COC)C(Br)=C2)CCCCC1. The number of nitrogens with one attached hydrogen (secondary N) is 2. The van der Waals surface area contributed by atoms with Crippen LogP contribution in [0.4, 0.5) is 0 Å². The summed E-state index contributed by atoms with van der Waals surface area (Å²) in [6.45, 7) is 0.436. The van der Waals surface area contributed by atoms with E-state index in [4.69, 9.17) is 4.74 Å². The maximum absolute atomic E-state index is 13.0. The molecule has 2 N–H and O–H groups in total. The Kier molecular flexibility index (Phi) is 8.91. The van der Waals surface area contributed by atoms with E-state index in [-0.39, 0.29) is 23.5 Å². The van der Waals surface area contributed by atoms with E-state index in [0.717, 1.165) is 41.3 Å². The van der Waals surface area contributed by atoms with Gasteiger partial charge in [0.15, 0.2) is 0 Å². The molecule has 1 fully saturated rings. The summed E-state index contributed by atoms with van der Waals surface area (Å²) in [7, 11) is 1.18. The Morgan fingerprint density at radius 1 is 1.24 bits per heavy atom. The zero-order valence-electron chi connectivity index (χ0n) is 19.6. The van der Waals surface area contributed by atoms with Gasteiger partial charge in [-0.05, 0) is 49.6 Å². The lowest BCUT2D eigenvalue weighted by Crippen LogP contribution is -2.56. The van der Waals surface area contributed by atoms with Crippen molar-refractivity contribution in [2.75, 3.05) is 34.5 Å². The average molecular weight is 541 g/mol. The molecule has 1 atom stereocenters. The molecule has 2 aliphatic rings. The van der Waals surface area contributed by atoms with Gasteiger partial charge in [-0.1, -0.05) is 59.5 Å². The molecule has 1 aromatic rings. The third kappa shape index (κ3) is 5.95. The molecular formula is C24H34BrN3O4S. The largest absolute Gasteiger partial charge is 0.368 e. The van der Waals surface area contributed by atoms with Crippen molar-refractivity contribution >= 4 is 31.9 Å². The molecular weight excluding hydrogens is 506 g/mol. The van der Waals surface area contributed by atoms with Crippen LogP contribution in [0.5, 0.6) is 0 Å². The zero-order valence-corrected chi connectivity index (χ0v) is 22.0. The van der Waals surface area contributed by atoms with Crippen molar-refractivity contribution in [3.63, 3.8) is 0 Å². The minimum Gasteiger partial charge on any atom is -0.368 e. The fraction of sp³-hybridized carbons (Fsp3) is 0.542. The molecule has 9 heteroatoms. The number of hydrogen-bond acceptors (Lipinski definition) is 5. The number of ether oxygens (including phenoxy) is 1. The lowest BCUT2D eigenvalue weighted by Gasteiger charge is -2.35. The third-order valence-corrected chi connectivity index (χ3v) is 9.27. The highest BCUT2D eigenvalue weighted by Crippen LogP contribution is 2.34. The van der Waals surface area contributed by atoms with E-state index < -0.39 is 15.6 Å². The molecule has 7 nitrogen and oxygen atoms in total. The molecule has 2 aliphatic carbocycles. The Labute approximate surface area is 205 Å². The van der Waals surface area contributed by atoms with Crippen LogP contribution in [0.15, 0.2) is 51.4 Å².